The topological polar surface area (TPSA) is 15.3 Å². The van der Waals surface area contributed by atoms with Gasteiger partial charge in [0.05, 0.1) is 0 Å². The van der Waals surface area contributed by atoms with Crippen LogP contribution in [0.25, 0.3) is 0 Å². The quantitative estimate of drug-likeness (QED) is 0.657. The van der Waals surface area contributed by atoms with Crippen LogP contribution >= 0.6 is 0 Å². The molecule has 3 aliphatic rings. The first-order chi connectivity index (χ1) is 6.29. The fraction of sp³-hybridized carbons (Fsp3) is 0.818. The Kier molecular flexibility index (Phi) is 2.70. The molecular formula is C11H20N2. The maximum atomic E-state index is 3.81. The van der Waals surface area contributed by atoms with Crippen LogP contribution in [0.4, 0.5) is 0 Å². The van der Waals surface area contributed by atoms with Crippen LogP contribution in [-0.4, -0.2) is 36.6 Å². The van der Waals surface area contributed by atoms with E-state index in [4.69, 9.17) is 0 Å². The Balaban J connectivity index is 1.89. The third kappa shape index (κ3) is 1.94. The van der Waals surface area contributed by atoms with Gasteiger partial charge in [0.25, 0.3) is 0 Å². The lowest BCUT2D eigenvalue weighted by atomic mass is 9.84. The van der Waals surface area contributed by atoms with Crippen LogP contribution in [0.2, 0.25) is 0 Å². The maximum absolute atomic E-state index is 3.81. The highest BCUT2D eigenvalue weighted by Gasteiger charge is 2.33. The SMILES string of the molecule is C=CC(C)NC1CN2CCC1CC2. The molecule has 2 nitrogen and oxygen atoms in total. The predicted octanol–water partition coefficient (Wildman–Crippen LogP) is 1.24. The van der Waals surface area contributed by atoms with Crippen LogP contribution in [0.15, 0.2) is 12.7 Å². The van der Waals surface area contributed by atoms with Gasteiger partial charge in [-0.25, -0.2) is 0 Å². The van der Waals surface area contributed by atoms with Crippen molar-refractivity contribution in [3.05, 3.63) is 12.7 Å². The number of hydrogen-bond acceptors (Lipinski definition) is 2. The lowest BCUT2D eigenvalue weighted by Gasteiger charge is -2.45. The highest BCUT2D eigenvalue weighted by atomic mass is 15.2. The Morgan fingerprint density at radius 1 is 1.46 bits per heavy atom. The second kappa shape index (κ2) is 3.81. The van der Waals surface area contributed by atoms with Crippen LogP contribution in [0.5, 0.6) is 0 Å². The first kappa shape index (κ1) is 9.22. The minimum atomic E-state index is 0.463. The van der Waals surface area contributed by atoms with Crippen LogP contribution in [0.1, 0.15) is 19.8 Å². The number of piperidine rings is 3. The molecule has 2 bridgehead atoms. The first-order valence-corrected chi connectivity index (χ1v) is 5.40. The Bertz CT molecular complexity index is 183. The molecule has 1 N–H and O–H groups in total. The van der Waals surface area contributed by atoms with E-state index in [1.807, 2.05) is 6.08 Å². The molecule has 0 aromatic carbocycles. The molecule has 0 aliphatic carbocycles. The van der Waals surface area contributed by atoms with Gasteiger partial charge in [0.15, 0.2) is 0 Å². The van der Waals surface area contributed by atoms with Crippen LogP contribution < -0.4 is 5.32 Å². The molecule has 3 saturated heterocycles. The molecule has 0 spiro atoms. The molecule has 0 aromatic heterocycles. The lowest BCUT2D eigenvalue weighted by Crippen LogP contribution is -2.57. The van der Waals surface area contributed by atoms with Crippen molar-refractivity contribution >= 4 is 0 Å². The highest BCUT2D eigenvalue weighted by molar-refractivity contribution is 4.94. The Labute approximate surface area is 81.0 Å². The number of nitrogens with one attached hydrogen (secondary N) is 1. The zero-order valence-electron chi connectivity index (χ0n) is 8.50. The van der Waals surface area contributed by atoms with Gasteiger partial charge >= 0.3 is 0 Å². The van der Waals surface area contributed by atoms with E-state index < -0.39 is 0 Å². The average molecular weight is 180 g/mol. The molecule has 2 unspecified atom stereocenters. The summed E-state index contributed by atoms with van der Waals surface area (Å²) in [6.07, 6.45) is 4.78. The van der Waals surface area contributed by atoms with E-state index in [0.717, 1.165) is 12.0 Å². The van der Waals surface area contributed by atoms with Crippen molar-refractivity contribution < 1.29 is 0 Å². The zero-order chi connectivity index (χ0) is 9.26. The van der Waals surface area contributed by atoms with Gasteiger partial charge in [0, 0.05) is 18.6 Å². The van der Waals surface area contributed by atoms with Crippen LogP contribution in [0.3, 0.4) is 0 Å². The van der Waals surface area contributed by atoms with Gasteiger partial charge in [-0.2, -0.15) is 0 Å². The molecule has 13 heavy (non-hydrogen) atoms. The molecule has 0 saturated carbocycles. The van der Waals surface area contributed by atoms with E-state index in [1.165, 1.54) is 32.5 Å². The molecule has 0 amide bonds. The standard InChI is InChI=1S/C11H20N2/c1-3-9(2)12-11-8-13-6-4-10(11)5-7-13/h3,9-12H,1,4-8H2,2H3. The average Bonchev–Trinajstić information content (AvgIpc) is 2.19. The van der Waals surface area contributed by atoms with E-state index in [1.54, 1.807) is 0 Å². The van der Waals surface area contributed by atoms with Gasteiger partial charge in [-0.05, 0) is 38.8 Å². The Morgan fingerprint density at radius 3 is 2.62 bits per heavy atom. The monoisotopic (exact) mass is 180 g/mol. The Hall–Kier alpha value is -0.340. The minimum Gasteiger partial charge on any atom is -0.307 e. The molecule has 3 rings (SSSR count). The van der Waals surface area contributed by atoms with Crippen molar-refractivity contribution in [2.24, 2.45) is 5.92 Å². The summed E-state index contributed by atoms with van der Waals surface area (Å²) in [6, 6.07) is 1.18. The van der Waals surface area contributed by atoms with Gasteiger partial charge < -0.3 is 10.2 Å². The number of hydrogen-bond donors (Lipinski definition) is 1. The van der Waals surface area contributed by atoms with Crippen molar-refractivity contribution in [2.45, 2.75) is 31.8 Å². The van der Waals surface area contributed by atoms with Crippen molar-refractivity contribution in [1.82, 2.24) is 10.2 Å². The molecule has 3 heterocycles. The second-order valence-corrected chi connectivity index (χ2v) is 4.44. The summed E-state index contributed by atoms with van der Waals surface area (Å²) in [6.45, 7) is 9.90. The van der Waals surface area contributed by atoms with Gasteiger partial charge in [0.2, 0.25) is 0 Å². The summed E-state index contributed by atoms with van der Waals surface area (Å²) < 4.78 is 0. The van der Waals surface area contributed by atoms with Gasteiger partial charge in [-0.15, -0.1) is 6.58 Å². The van der Waals surface area contributed by atoms with Crippen molar-refractivity contribution in [3.63, 3.8) is 0 Å². The van der Waals surface area contributed by atoms with E-state index in [0.29, 0.717) is 6.04 Å². The summed E-state index contributed by atoms with van der Waals surface area (Å²) in [4.78, 5) is 2.58. The zero-order valence-corrected chi connectivity index (χ0v) is 8.50. The lowest BCUT2D eigenvalue weighted by molar-refractivity contribution is 0.0705. The van der Waals surface area contributed by atoms with Crippen LogP contribution in [0, 0.1) is 5.92 Å². The molecule has 74 valence electrons. The molecule has 3 aliphatic heterocycles. The third-order valence-electron chi connectivity index (χ3n) is 3.49. The Morgan fingerprint density at radius 2 is 2.15 bits per heavy atom. The molecule has 2 atom stereocenters. The van der Waals surface area contributed by atoms with E-state index >= 15 is 0 Å². The summed E-state index contributed by atoms with van der Waals surface area (Å²) in [5, 5.41) is 3.64. The number of rotatable bonds is 3. The second-order valence-electron chi connectivity index (χ2n) is 4.44. The van der Waals surface area contributed by atoms with Gasteiger partial charge in [0.1, 0.15) is 0 Å². The van der Waals surface area contributed by atoms with Crippen molar-refractivity contribution in [3.8, 4) is 0 Å². The largest absolute Gasteiger partial charge is 0.307 e. The van der Waals surface area contributed by atoms with E-state index in [2.05, 4.69) is 23.7 Å². The molecule has 3 fully saturated rings. The van der Waals surface area contributed by atoms with E-state index in [9.17, 15) is 0 Å². The highest BCUT2D eigenvalue weighted by Crippen LogP contribution is 2.27. The predicted molar refractivity (Wildman–Crippen MR) is 55.7 cm³/mol. The van der Waals surface area contributed by atoms with Gasteiger partial charge in [-0.1, -0.05) is 6.08 Å². The fourth-order valence-corrected chi connectivity index (χ4v) is 2.56. The van der Waals surface area contributed by atoms with Gasteiger partial charge in [-0.3, -0.25) is 0 Å². The summed E-state index contributed by atoms with van der Waals surface area (Å²) >= 11 is 0. The summed E-state index contributed by atoms with van der Waals surface area (Å²) in [5.74, 6) is 0.924. The molecule has 0 radical (unpaired) electrons. The number of nitrogens with zero attached hydrogens (tertiary/aromatic N) is 1. The summed E-state index contributed by atoms with van der Waals surface area (Å²) in [5.41, 5.74) is 0. The fourth-order valence-electron chi connectivity index (χ4n) is 2.56. The van der Waals surface area contributed by atoms with Crippen molar-refractivity contribution in [2.75, 3.05) is 19.6 Å². The smallest absolute Gasteiger partial charge is 0.0229 e. The third-order valence-corrected chi connectivity index (χ3v) is 3.49. The van der Waals surface area contributed by atoms with E-state index in [-0.39, 0.29) is 0 Å². The summed E-state index contributed by atoms with van der Waals surface area (Å²) in [7, 11) is 0. The minimum absolute atomic E-state index is 0.463. The van der Waals surface area contributed by atoms with Crippen LogP contribution in [-0.2, 0) is 0 Å². The maximum Gasteiger partial charge on any atom is 0.0229 e. The molecule has 2 heteroatoms. The molecular weight excluding hydrogens is 160 g/mol. The molecule has 0 aromatic rings. The normalized spacial score (nSPS) is 40.2. The van der Waals surface area contributed by atoms with Crippen molar-refractivity contribution in [1.29, 1.82) is 0 Å². The number of fused-ring (bicyclic) bond motifs is 3. The first-order valence-electron chi connectivity index (χ1n) is 5.40.